The van der Waals surface area contributed by atoms with Gasteiger partial charge in [-0.25, -0.2) is 0 Å². The molecular weight excluding hydrogens is 439 g/mol. The van der Waals surface area contributed by atoms with E-state index in [0.717, 1.165) is 5.82 Å². The van der Waals surface area contributed by atoms with E-state index < -0.39 is 13.1 Å². The molecule has 4 N–H and O–H groups in total. The van der Waals surface area contributed by atoms with Crippen LogP contribution in [0.3, 0.4) is 0 Å². The summed E-state index contributed by atoms with van der Waals surface area (Å²) in [5.74, 6) is 0.655. The van der Waals surface area contributed by atoms with Crippen molar-refractivity contribution in [3.63, 3.8) is 0 Å². The zero-order valence-electron chi connectivity index (χ0n) is 17.8. The second-order valence-corrected chi connectivity index (χ2v) is 10.1. The molecule has 31 heavy (non-hydrogen) atoms. The topological polar surface area (TPSA) is 123 Å². The lowest BCUT2D eigenvalue weighted by atomic mass is 9.96. The highest BCUT2D eigenvalue weighted by atomic mass is 35.5. The molecule has 1 unspecified atom stereocenters. The van der Waals surface area contributed by atoms with Crippen molar-refractivity contribution < 1.29 is 29.5 Å². The summed E-state index contributed by atoms with van der Waals surface area (Å²) in [5.41, 5.74) is 3.45. The number of quaternary nitrogens is 1. The van der Waals surface area contributed by atoms with Crippen molar-refractivity contribution in [3.05, 3.63) is 70.0 Å². The van der Waals surface area contributed by atoms with Gasteiger partial charge in [0.25, 0.3) is 5.91 Å². The number of carbonyl (C=O) groups excluding carboxylic acids is 2. The summed E-state index contributed by atoms with van der Waals surface area (Å²) in [7, 11) is -4.27. The predicted octanol–water partition coefficient (Wildman–Crippen LogP) is 3.52. The molecule has 7 nitrogen and oxygen atoms in total. The first-order valence-corrected chi connectivity index (χ1v) is 11.8. The van der Waals surface area contributed by atoms with Gasteiger partial charge < -0.3 is 25.5 Å². The van der Waals surface area contributed by atoms with E-state index in [9.17, 15) is 19.3 Å². The highest BCUT2D eigenvalue weighted by Gasteiger charge is 2.34. The first kappa shape index (κ1) is 24.7. The second-order valence-electron chi connectivity index (χ2n) is 7.72. The first-order valence-electron chi connectivity index (χ1n) is 9.71. The minimum Gasteiger partial charge on any atom is -0.539 e. The van der Waals surface area contributed by atoms with Gasteiger partial charge in [0.1, 0.15) is 5.71 Å². The molecule has 1 amide bonds. The molecule has 0 radical (unpaired) electrons. The molecule has 0 bridgehead atoms. The number of halogens is 1. The van der Waals surface area contributed by atoms with E-state index in [1.807, 2.05) is 13.8 Å². The van der Waals surface area contributed by atoms with Crippen molar-refractivity contribution in [3.8, 4) is 5.75 Å². The van der Waals surface area contributed by atoms with Gasteiger partial charge in [-0.05, 0) is 51.0 Å². The molecule has 1 aliphatic rings. The van der Waals surface area contributed by atoms with Gasteiger partial charge in [0.05, 0.1) is 11.1 Å². The molecular formula is C22H26ClN2O5P. The fourth-order valence-electron chi connectivity index (χ4n) is 2.70. The van der Waals surface area contributed by atoms with Crippen LogP contribution in [-0.2, 0) is 4.57 Å². The number of fused-ring (bicyclic) bond motifs is 1. The van der Waals surface area contributed by atoms with Crippen LogP contribution in [0.15, 0.2) is 48.3 Å². The molecule has 1 aliphatic heterocycles. The Kier molecular flexibility index (Phi) is 8.07. The van der Waals surface area contributed by atoms with Crippen LogP contribution in [0.2, 0.25) is 5.02 Å². The molecule has 166 valence electrons. The van der Waals surface area contributed by atoms with E-state index in [0.29, 0.717) is 22.7 Å². The molecule has 3 rings (SSSR count). The van der Waals surface area contributed by atoms with Crippen LogP contribution >= 0.6 is 19.0 Å². The largest absolute Gasteiger partial charge is 0.539 e. The Morgan fingerprint density at radius 2 is 1.71 bits per heavy atom. The van der Waals surface area contributed by atoms with Crippen molar-refractivity contribution in [2.45, 2.75) is 39.8 Å². The summed E-state index contributed by atoms with van der Waals surface area (Å²) in [4.78, 5) is 23.8. The normalized spacial score (nSPS) is 17.1. The van der Waals surface area contributed by atoms with Gasteiger partial charge in [-0.15, -0.1) is 0 Å². The van der Waals surface area contributed by atoms with Gasteiger partial charge in [-0.2, -0.15) is 0 Å². The Bertz CT molecular complexity index is 1050. The van der Waals surface area contributed by atoms with E-state index >= 15 is 0 Å². The van der Waals surface area contributed by atoms with E-state index in [2.05, 4.69) is 24.9 Å². The summed E-state index contributed by atoms with van der Waals surface area (Å²) in [6.45, 7) is 7.76. The summed E-state index contributed by atoms with van der Waals surface area (Å²) in [6, 6.07) is 12.2. The molecule has 0 saturated heterocycles. The number of amides is 1. The number of hydrogen-bond acceptors (Lipinski definition) is 5. The number of carbonyl (C=O) groups is 2. The number of benzene rings is 2. The lowest BCUT2D eigenvalue weighted by Crippen LogP contribution is -2.57. The Morgan fingerprint density at radius 1 is 1.13 bits per heavy atom. The Hall–Kier alpha value is -2.60. The predicted molar refractivity (Wildman–Crippen MR) is 119 cm³/mol. The highest BCUT2D eigenvalue weighted by Crippen LogP contribution is 2.58. The van der Waals surface area contributed by atoms with Gasteiger partial charge in [-0.3, -0.25) is 9.36 Å². The van der Waals surface area contributed by atoms with Crippen molar-refractivity contribution in [1.82, 2.24) is 5.32 Å². The van der Waals surface area contributed by atoms with Crippen LogP contribution in [-0.4, -0.2) is 23.7 Å². The standard InChI is InChI=1S/C19H17ClNO5P.C3H9N/c1-11(2)21-18(22)13-8-14-15(12-6-4-3-5-7-12)10-27(25,19(23)24)26-17(14)16(20)9-13;1-3(2)4/h3-11H,1-2H3,(H,21,22)(H,23,24);3H,4H2,1-2H3. The summed E-state index contributed by atoms with van der Waals surface area (Å²) in [6.07, 6.45) is 0. The summed E-state index contributed by atoms with van der Waals surface area (Å²) < 4.78 is 17.9. The summed E-state index contributed by atoms with van der Waals surface area (Å²) >= 11 is 6.25. The van der Waals surface area contributed by atoms with Crippen molar-refractivity contribution in [1.29, 1.82) is 0 Å². The van der Waals surface area contributed by atoms with E-state index in [-0.39, 0.29) is 28.3 Å². The SMILES string of the molecule is CC(C)NC(=O)c1cc(Cl)c2c(c1)C(c1ccccc1)=CP(=O)(C(=O)[O-])O2.CC(C)[NH3+]. The quantitative estimate of drug-likeness (QED) is 0.670. The fraction of sp³-hybridized carbons (Fsp3) is 0.273. The molecule has 0 saturated carbocycles. The van der Waals surface area contributed by atoms with Gasteiger partial charge in [0, 0.05) is 23.0 Å². The zero-order valence-corrected chi connectivity index (χ0v) is 19.5. The average molecular weight is 465 g/mol. The lowest BCUT2D eigenvalue weighted by Gasteiger charge is -2.27. The van der Waals surface area contributed by atoms with Crippen molar-refractivity contribution in [2.75, 3.05) is 0 Å². The van der Waals surface area contributed by atoms with Gasteiger partial charge in [-0.1, -0.05) is 41.9 Å². The number of carboxylic acid groups (broad SMARTS) is 1. The molecule has 1 heterocycles. The monoisotopic (exact) mass is 464 g/mol. The molecule has 0 fully saturated rings. The lowest BCUT2D eigenvalue weighted by molar-refractivity contribution is -0.407. The third-order valence-electron chi connectivity index (χ3n) is 3.88. The zero-order chi connectivity index (χ0) is 23.3. The molecule has 1 atom stereocenters. The van der Waals surface area contributed by atoms with Crippen LogP contribution in [0.5, 0.6) is 5.75 Å². The maximum absolute atomic E-state index is 12.7. The highest BCUT2D eigenvalue weighted by molar-refractivity contribution is 7.78. The number of rotatable bonds is 4. The van der Waals surface area contributed by atoms with Gasteiger partial charge >= 0.3 is 7.37 Å². The van der Waals surface area contributed by atoms with Crippen LogP contribution in [0.25, 0.3) is 5.57 Å². The van der Waals surface area contributed by atoms with Crippen LogP contribution in [0.1, 0.15) is 49.2 Å². The number of nitrogens with one attached hydrogen (secondary N) is 1. The number of hydrogen-bond donors (Lipinski definition) is 2. The maximum Gasteiger partial charge on any atom is 0.315 e. The molecule has 9 heteroatoms. The van der Waals surface area contributed by atoms with Crippen LogP contribution in [0.4, 0.5) is 4.79 Å². The van der Waals surface area contributed by atoms with Crippen LogP contribution in [0, 0.1) is 0 Å². The van der Waals surface area contributed by atoms with E-state index in [1.165, 1.54) is 12.1 Å². The Balaban J connectivity index is 0.000000785. The average Bonchev–Trinajstić information content (AvgIpc) is 2.67. The Labute approximate surface area is 186 Å². The minimum atomic E-state index is -4.27. The van der Waals surface area contributed by atoms with E-state index in [1.54, 1.807) is 30.3 Å². The molecule has 0 aromatic heterocycles. The first-order chi connectivity index (χ1) is 14.4. The van der Waals surface area contributed by atoms with Crippen molar-refractivity contribution in [2.24, 2.45) is 0 Å². The van der Waals surface area contributed by atoms with Gasteiger partial charge in [0.2, 0.25) is 0 Å². The van der Waals surface area contributed by atoms with Crippen LogP contribution < -0.4 is 20.7 Å². The second kappa shape index (κ2) is 10.1. The summed E-state index contributed by atoms with van der Waals surface area (Å²) in [5, 5.41) is 14.2. The molecule has 2 aromatic carbocycles. The maximum atomic E-state index is 12.7. The van der Waals surface area contributed by atoms with Gasteiger partial charge in [0.15, 0.2) is 5.75 Å². The molecule has 0 aliphatic carbocycles. The van der Waals surface area contributed by atoms with Crippen molar-refractivity contribution >= 4 is 36.2 Å². The minimum absolute atomic E-state index is 0.00980. The molecule has 0 spiro atoms. The smallest absolute Gasteiger partial charge is 0.315 e. The van der Waals surface area contributed by atoms with E-state index in [4.69, 9.17) is 16.1 Å². The Morgan fingerprint density at radius 3 is 2.23 bits per heavy atom. The molecule has 2 aromatic rings. The third-order valence-corrected chi connectivity index (χ3v) is 5.72. The fourth-order valence-corrected chi connectivity index (χ4v) is 4.34. The third kappa shape index (κ3) is 6.20.